The molecule has 2 aromatic rings. The van der Waals surface area contributed by atoms with E-state index in [0.29, 0.717) is 36.9 Å². The van der Waals surface area contributed by atoms with Gasteiger partial charge in [-0.2, -0.15) is 24.7 Å². The molecule has 0 aliphatic carbocycles. The number of nitrogens with zero attached hydrogens (tertiary/aromatic N) is 6. The second kappa shape index (κ2) is 7.48. The van der Waals surface area contributed by atoms with E-state index >= 15 is 0 Å². The molecule has 1 atom stereocenters. The smallest absolute Gasteiger partial charge is 0.258 e. The zero-order valence-electron chi connectivity index (χ0n) is 12.4. The summed E-state index contributed by atoms with van der Waals surface area (Å²) in [6, 6.07) is 0. The number of rotatable bonds is 8. The molecular formula is C12H20N8O. The van der Waals surface area contributed by atoms with E-state index in [9.17, 15) is 0 Å². The fraction of sp³-hybridized carbons (Fsp3) is 0.583. The largest absolute Gasteiger partial charge is 0.384 e. The van der Waals surface area contributed by atoms with Crippen LogP contribution in [0.1, 0.15) is 13.8 Å². The minimum atomic E-state index is 0.351. The van der Waals surface area contributed by atoms with Crippen molar-refractivity contribution in [2.45, 2.75) is 13.8 Å². The number of ether oxygens (including phenoxy) is 1. The zero-order valence-corrected chi connectivity index (χ0v) is 12.4. The van der Waals surface area contributed by atoms with Gasteiger partial charge in [-0.15, -0.1) is 0 Å². The number of nitrogens with one attached hydrogen (secondary N) is 2. The molecule has 0 saturated heterocycles. The van der Waals surface area contributed by atoms with Gasteiger partial charge in [-0.05, 0) is 12.8 Å². The van der Waals surface area contributed by atoms with Gasteiger partial charge in [-0.3, -0.25) is 0 Å². The van der Waals surface area contributed by atoms with Crippen LogP contribution in [0.15, 0.2) is 12.7 Å². The van der Waals surface area contributed by atoms with Gasteiger partial charge in [-0.25, -0.2) is 4.98 Å². The highest BCUT2D eigenvalue weighted by molar-refractivity contribution is 5.37. The maximum Gasteiger partial charge on any atom is 0.258 e. The third-order valence-electron chi connectivity index (χ3n) is 2.64. The van der Waals surface area contributed by atoms with Gasteiger partial charge in [-0.1, -0.05) is 6.92 Å². The second-order valence-electron chi connectivity index (χ2n) is 4.59. The van der Waals surface area contributed by atoms with Crippen LogP contribution in [0.3, 0.4) is 0 Å². The van der Waals surface area contributed by atoms with Crippen molar-refractivity contribution >= 4 is 11.9 Å². The van der Waals surface area contributed by atoms with Crippen LogP contribution in [0.5, 0.6) is 0 Å². The number of aromatic nitrogens is 6. The van der Waals surface area contributed by atoms with Crippen LogP contribution in [0.2, 0.25) is 0 Å². The van der Waals surface area contributed by atoms with Gasteiger partial charge in [0.1, 0.15) is 12.7 Å². The minimum Gasteiger partial charge on any atom is -0.384 e. The van der Waals surface area contributed by atoms with Gasteiger partial charge >= 0.3 is 0 Å². The molecule has 0 aromatic carbocycles. The van der Waals surface area contributed by atoms with E-state index in [0.717, 1.165) is 6.54 Å². The van der Waals surface area contributed by atoms with Crippen LogP contribution in [0, 0.1) is 5.92 Å². The summed E-state index contributed by atoms with van der Waals surface area (Å²) >= 11 is 0. The maximum atomic E-state index is 5.11. The van der Waals surface area contributed by atoms with Gasteiger partial charge in [0, 0.05) is 20.2 Å². The highest BCUT2D eigenvalue weighted by Crippen LogP contribution is 2.09. The van der Waals surface area contributed by atoms with E-state index in [1.165, 1.54) is 11.0 Å². The van der Waals surface area contributed by atoms with Crippen molar-refractivity contribution in [3.05, 3.63) is 12.7 Å². The molecule has 2 aromatic heterocycles. The van der Waals surface area contributed by atoms with E-state index < -0.39 is 0 Å². The van der Waals surface area contributed by atoms with E-state index in [1.807, 2.05) is 6.92 Å². The van der Waals surface area contributed by atoms with Gasteiger partial charge in [0.2, 0.25) is 11.9 Å². The van der Waals surface area contributed by atoms with Crippen LogP contribution in [0.4, 0.5) is 11.9 Å². The molecule has 0 bridgehead atoms. The summed E-state index contributed by atoms with van der Waals surface area (Å²) in [6.07, 6.45) is 2.98. The molecule has 0 aliphatic heterocycles. The average molecular weight is 292 g/mol. The van der Waals surface area contributed by atoms with Crippen LogP contribution in [-0.2, 0) is 4.74 Å². The summed E-state index contributed by atoms with van der Waals surface area (Å²) in [6.45, 7) is 6.17. The van der Waals surface area contributed by atoms with Crippen molar-refractivity contribution in [1.29, 1.82) is 0 Å². The summed E-state index contributed by atoms with van der Waals surface area (Å²) < 4.78 is 6.60. The fourth-order valence-electron chi connectivity index (χ4n) is 1.70. The topological polar surface area (TPSA) is 103 Å². The molecule has 2 heterocycles. The van der Waals surface area contributed by atoms with Crippen molar-refractivity contribution in [1.82, 2.24) is 29.7 Å². The molecular weight excluding hydrogens is 272 g/mol. The van der Waals surface area contributed by atoms with Crippen molar-refractivity contribution in [2.75, 3.05) is 37.4 Å². The lowest BCUT2D eigenvalue weighted by molar-refractivity contribution is 0.164. The Balaban J connectivity index is 2.16. The molecule has 1 unspecified atom stereocenters. The lowest BCUT2D eigenvalue weighted by Crippen LogP contribution is -2.19. The van der Waals surface area contributed by atoms with E-state index in [1.54, 1.807) is 13.4 Å². The van der Waals surface area contributed by atoms with Crippen LogP contribution in [0.25, 0.3) is 5.95 Å². The first-order valence-electron chi connectivity index (χ1n) is 6.80. The molecule has 0 fully saturated rings. The molecule has 2 N–H and O–H groups in total. The summed E-state index contributed by atoms with van der Waals surface area (Å²) in [5, 5.41) is 10.3. The molecule has 0 saturated carbocycles. The molecule has 0 spiro atoms. The van der Waals surface area contributed by atoms with E-state index in [-0.39, 0.29) is 0 Å². The van der Waals surface area contributed by atoms with Gasteiger partial charge in [0.05, 0.1) is 6.61 Å². The standard InChI is InChI=1S/C12H20N8O/c1-4-14-10-17-11(15-5-9(2)6-21-3)19-12(18-10)20-8-13-7-16-20/h7-9H,4-6H2,1-3H3,(H2,14,15,17,18,19). The quantitative estimate of drug-likeness (QED) is 0.728. The first-order valence-corrected chi connectivity index (χ1v) is 6.80. The third kappa shape index (κ3) is 4.35. The van der Waals surface area contributed by atoms with Crippen molar-refractivity contribution in [3.8, 4) is 5.95 Å². The predicted octanol–water partition coefficient (Wildman–Crippen LogP) is 0.578. The van der Waals surface area contributed by atoms with Crippen LogP contribution < -0.4 is 10.6 Å². The molecule has 9 heteroatoms. The van der Waals surface area contributed by atoms with E-state index in [2.05, 4.69) is 42.6 Å². The molecule has 9 nitrogen and oxygen atoms in total. The number of hydrogen-bond acceptors (Lipinski definition) is 8. The zero-order chi connectivity index (χ0) is 15.1. The lowest BCUT2D eigenvalue weighted by atomic mass is 10.2. The van der Waals surface area contributed by atoms with Gasteiger partial charge in [0.15, 0.2) is 0 Å². The monoisotopic (exact) mass is 292 g/mol. The Kier molecular flexibility index (Phi) is 5.38. The Hall–Kier alpha value is -2.29. The Labute approximate surface area is 123 Å². The highest BCUT2D eigenvalue weighted by Gasteiger charge is 2.09. The van der Waals surface area contributed by atoms with Crippen molar-refractivity contribution in [3.63, 3.8) is 0 Å². The van der Waals surface area contributed by atoms with E-state index in [4.69, 9.17) is 4.74 Å². The Morgan fingerprint density at radius 3 is 2.62 bits per heavy atom. The molecule has 0 aliphatic rings. The molecule has 21 heavy (non-hydrogen) atoms. The first-order chi connectivity index (χ1) is 10.2. The average Bonchev–Trinajstić information content (AvgIpc) is 3.00. The Morgan fingerprint density at radius 2 is 2.00 bits per heavy atom. The van der Waals surface area contributed by atoms with Crippen molar-refractivity contribution < 1.29 is 4.74 Å². The second-order valence-corrected chi connectivity index (χ2v) is 4.59. The summed E-state index contributed by atoms with van der Waals surface area (Å²) in [4.78, 5) is 16.8. The predicted molar refractivity (Wildman–Crippen MR) is 78.4 cm³/mol. The molecule has 2 rings (SSSR count). The first kappa shape index (κ1) is 15.1. The van der Waals surface area contributed by atoms with Crippen LogP contribution in [-0.4, -0.2) is 56.5 Å². The van der Waals surface area contributed by atoms with Gasteiger partial charge in [0.25, 0.3) is 5.95 Å². The van der Waals surface area contributed by atoms with Crippen LogP contribution >= 0.6 is 0 Å². The summed E-state index contributed by atoms with van der Waals surface area (Å²) in [5.41, 5.74) is 0. The summed E-state index contributed by atoms with van der Waals surface area (Å²) in [5.74, 6) is 1.76. The highest BCUT2D eigenvalue weighted by atomic mass is 16.5. The third-order valence-corrected chi connectivity index (χ3v) is 2.64. The number of anilines is 2. The Bertz CT molecular complexity index is 544. The molecule has 114 valence electrons. The summed E-state index contributed by atoms with van der Waals surface area (Å²) in [7, 11) is 1.69. The lowest BCUT2D eigenvalue weighted by Gasteiger charge is -2.12. The van der Waals surface area contributed by atoms with Crippen molar-refractivity contribution in [2.24, 2.45) is 5.92 Å². The number of methoxy groups -OCH3 is 1. The minimum absolute atomic E-state index is 0.351. The fourth-order valence-corrected chi connectivity index (χ4v) is 1.70. The van der Waals surface area contributed by atoms with Gasteiger partial charge < -0.3 is 15.4 Å². The Morgan fingerprint density at radius 1 is 1.24 bits per heavy atom. The molecule has 0 radical (unpaired) electrons. The molecule has 0 amide bonds. The normalized spacial score (nSPS) is 12.1. The number of hydrogen-bond donors (Lipinski definition) is 2. The SMILES string of the molecule is CCNc1nc(NCC(C)COC)nc(-n2cncn2)n1. The maximum absolute atomic E-state index is 5.11.